The van der Waals surface area contributed by atoms with E-state index in [1.54, 1.807) is 6.20 Å². The van der Waals surface area contributed by atoms with Gasteiger partial charge >= 0.3 is 0 Å². The van der Waals surface area contributed by atoms with Crippen LogP contribution >= 0.6 is 12.4 Å². The lowest BCUT2D eigenvalue weighted by Crippen LogP contribution is -2.15. The summed E-state index contributed by atoms with van der Waals surface area (Å²) in [5.74, 6) is -0.130. The second-order valence-electron chi connectivity index (χ2n) is 4.77. The fourth-order valence-electron chi connectivity index (χ4n) is 2.33. The number of H-pyrrole nitrogens is 1. The van der Waals surface area contributed by atoms with Gasteiger partial charge in [0.15, 0.2) is 0 Å². The lowest BCUT2D eigenvalue weighted by molar-refractivity contribution is 0.102. The zero-order valence-electron chi connectivity index (χ0n) is 11.2. The number of hydrogen-bond acceptors (Lipinski definition) is 3. The van der Waals surface area contributed by atoms with E-state index in [4.69, 9.17) is 0 Å². The number of anilines is 2. The van der Waals surface area contributed by atoms with E-state index in [0.29, 0.717) is 5.56 Å². The van der Waals surface area contributed by atoms with Crippen molar-refractivity contribution in [1.82, 2.24) is 10.2 Å². The van der Waals surface area contributed by atoms with Gasteiger partial charge in [-0.05, 0) is 43.5 Å². The van der Waals surface area contributed by atoms with Gasteiger partial charge in [-0.15, -0.1) is 12.4 Å². The molecular weight excluding hydrogens is 276 g/mol. The minimum Gasteiger partial charge on any atom is -0.385 e. The Morgan fingerprint density at radius 2 is 2.25 bits per heavy atom. The molecule has 0 saturated heterocycles. The Labute approximate surface area is 123 Å². The first kappa shape index (κ1) is 14.4. The van der Waals surface area contributed by atoms with Gasteiger partial charge in [-0.3, -0.25) is 9.89 Å². The summed E-state index contributed by atoms with van der Waals surface area (Å²) in [7, 11) is 0. The lowest BCUT2D eigenvalue weighted by atomic mass is 10.0. The highest BCUT2D eigenvalue weighted by molar-refractivity contribution is 6.05. The molecule has 1 aromatic heterocycles. The first-order valence-corrected chi connectivity index (χ1v) is 6.42. The van der Waals surface area contributed by atoms with Crippen LogP contribution in [-0.2, 0) is 6.42 Å². The van der Waals surface area contributed by atoms with Crippen molar-refractivity contribution in [2.45, 2.75) is 19.8 Å². The van der Waals surface area contributed by atoms with Crippen molar-refractivity contribution < 1.29 is 4.79 Å². The fraction of sp³-hybridized carbons (Fsp3) is 0.286. The highest BCUT2D eigenvalue weighted by Gasteiger charge is 2.13. The van der Waals surface area contributed by atoms with Crippen LogP contribution in [0, 0.1) is 6.92 Å². The average Bonchev–Trinajstić information content (AvgIpc) is 2.85. The van der Waals surface area contributed by atoms with Crippen molar-refractivity contribution in [3.63, 3.8) is 0 Å². The Bertz CT molecular complexity index is 623. The molecule has 0 bridgehead atoms. The van der Waals surface area contributed by atoms with E-state index in [1.807, 2.05) is 25.1 Å². The fourth-order valence-corrected chi connectivity index (χ4v) is 2.33. The standard InChI is InChI=1S/C14H16N4O.ClH/c1-9-12(8-16-18-9)14(19)17-11-4-5-13-10(7-11)3-2-6-15-13;/h4-5,7-8,15H,2-3,6H2,1H3,(H,16,18)(H,17,19);1H. The molecule has 0 fully saturated rings. The number of aromatic amines is 1. The molecule has 0 atom stereocenters. The largest absolute Gasteiger partial charge is 0.385 e. The first-order chi connectivity index (χ1) is 9.24. The molecule has 1 aliphatic heterocycles. The first-order valence-electron chi connectivity index (χ1n) is 6.42. The molecule has 0 saturated carbocycles. The van der Waals surface area contributed by atoms with Crippen molar-refractivity contribution in [2.24, 2.45) is 0 Å². The van der Waals surface area contributed by atoms with E-state index in [0.717, 1.165) is 30.8 Å². The number of nitrogens with zero attached hydrogens (tertiary/aromatic N) is 1. The van der Waals surface area contributed by atoms with E-state index in [2.05, 4.69) is 20.8 Å². The van der Waals surface area contributed by atoms with Gasteiger partial charge in [0.05, 0.1) is 11.8 Å². The van der Waals surface area contributed by atoms with Crippen molar-refractivity contribution in [3.8, 4) is 0 Å². The molecule has 3 rings (SSSR count). The van der Waals surface area contributed by atoms with Gasteiger partial charge in [0.1, 0.15) is 0 Å². The lowest BCUT2D eigenvalue weighted by Gasteiger charge is -2.18. The second kappa shape index (κ2) is 5.96. The van der Waals surface area contributed by atoms with E-state index in [1.165, 1.54) is 11.3 Å². The summed E-state index contributed by atoms with van der Waals surface area (Å²) in [5.41, 5.74) is 4.61. The number of carbonyl (C=O) groups excluding carboxylic acids is 1. The predicted octanol–water partition coefficient (Wildman–Crippen LogP) is 2.75. The molecular formula is C14H17ClN4O. The number of hydrogen-bond donors (Lipinski definition) is 3. The molecule has 1 amide bonds. The highest BCUT2D eigenvalue weighted by atomic mass is 35.5. The molecule has 6 heteroatoms. The van der Waals surface area contributed by atoms with Crippen LogP contribution in [0.2, 0.25) is 0 Å². The number of carbonyl (C=O) groups is 1. The number of benzene rings is 1. The topological polar surface area (TPSA) is 69.8 Å². The zero-order valence-corrected chi connectivity index (χ0v) is 12.0. The van der Waals surface area contributed by atoms with Crippen LogP contribution in [0.5, 0.6) is 0 Å². The van der Waals surface area contributed by atoms with Gasteiger partial charge in [0.2, 0.25) is 0 Å². The molecule has 0 radical (unpaired) electrons. The molecule has 5 nitrogen and oxygen atoms in total. The third-order valence-corrected chi connectivity index (χ3v) is 3.38. The Balaban J connectivity index is 0.00000147. The number of rotatable bonds is 2. The van der Waals surface area contributed by atoms with E-state index in [9.17, 15) is 4.79 Å². The zero-order chi connectivity index (χ0) is 13.2. The summed E-state index contributed by atoms with van der Waals surface area (Å²) in [6, 6.07) is 5.98. The van der Waals surface area contributed by atoms with Gasteiger partial charge in [-0.25, -0.2) is 0 Å². The maximum absolute atomic E-state index is 12.1. The van der Waals surface area contributed by atoms with Gasteiger partial charge < -0.3 is 10.6 Å². The van der Waals surface area contributed by atoms with Crippen LogP contribution in [-0.4, -0.2) is 22.6 Å². The van der Waals surface area contributed by atoms with E-state index >= 15 is 0 Å². The molecule has 106 valence electrons. The van der Waals surface area contributed by atoms with Gasteiger partial charge in [0.25, 0.3) is 5.91 Å². The van der Waals surface area contributed by atoms with Crippen molar-refractivity contribution in [2.75, 3.05) is 17.2 Å². The predicted molar refractivity (Wildman–Crippen MR) is 81.8 cm³/mol. The minimum absolute atomic E-state index is 0. The second-order valence-corrected chi connectivity index (χ2v) is 4.77. The van der Waals surface area contributed by atoms with Crippen molar-refractivity contribution in [3.05, 3.63) is 41.2 Å². The van der Waals surface area contributed by atoms with Crippen molar-refractivity contribution in [1.29, 1.82) is 0 Å². The summed E-state index contributed by atoms with van der Waals surface area (Å²) in [6.45, 7) is 2.85. The normalized spacial score (nSPS) is 12.8. The Morgan fingerprint density at radius 3 is 3.00 bits per heavy atom. The molecule has 1 aliphatic rings. The van der Waals surface area contributed by atoms with Gasteiger partial charge in [-0.1, -0.05) is 0 Å². The van der Waals surface area contributed by atoms with Crippen LogP contribution in [0.1, 0.15) is 28.0 Å². The van der Waals surface area contributed by atoms with Crippen LogP contribution < -0.4 is 10.6 Å². The quantitative estimate of drug-likeness (QED) is 0.797. The number of amides is 1. The van der Waals surface area contributed by atoms with Crippen LogP contribution in [0.15, 0.2) is 24.4 Å². The van der Waals surface area contributed by atoms with Gasteiger partial charge in [0, 0.05) is 23.6 Å². The van der Waals surface area contributed by atoms with E-state index < -0.39 is 0 Å². The molecule has 0 spiro atoms. The smallest absolute Gasteiger partial charge is 0.259 e. The SMILES string of the molecule is Cc1[nH]ncc1C(=O)Nc1ccc2c(c1)CCCN2.Cl. The molecule has 20 heavy (non-hydrogen) atoms. The molecule has 1 aromatic carbocycles. The number of aryl methyl sites for hydroxylation is 2. The summed E-state index contributed by atoms with van der Waals surface area (Å²) < 4.78 is 0. The summed E-state index contributed by atoms with van der Waals surface area (Å²) >= 11 is 0. The minimum atomic E-state index is -0.130. The van der Waals surface area contributed by atoms with Crippen molar-refractivity contribution >= 4 is 29.7 Å². The molecule has 2 heterocycles. The van der Waals surface area contributed by atoms with E-state index in [-0.39, 0.29) is 18.3 Å². The van der Waals surface area contributed by atoms with Gasteiger partial charge in [-0.2, -0.15) is 5.10 Å². The third kappa shape index (κ3) is 2.77. The monoisotopic (exact) mass is 292 g/mol. The Hall–Kier alpha value is -2.01. The molecule has 3 N–H and O–H groups in total. The highest BCUT2D eigenvalue weighted by Crippen LogP contribution is 2.25. The van der Waals surface area contributed by atoms with Crippen LogP contribution in [0.25, 0.3) is 0 Å². The number of nitrogens with one attached hydrogen (secondary N) is 3. The number of fused-ring (bicyclic) bond motifs is 1. The Kier molecular flexibility index (Phi) is 4.29. The number of aromatic nitrogens is 2. The third-order valence-electron chi connectivity index (χ3n) is 3.38. The summed E-state index contributed by atoms with van der Waals surface area (Å²) in [5, 5.41) is 12.9. The maximum Gasteiger partial charge on any atom is 0.259 e. The van der Waals surface area contributed by atoms with Crippen LogP contribution in [0.3, 0.4) is 0 Å². The summed E-state index contributed by atoms with van der Waals surface area (Å²) in [6.07, 6.45) is 3.73. The molecule has 0 aliphatic carbocycles. The van der Waals surface area contributed by atoms with Crippen LogP contribution in [0.4, 0.5) is 11.4 Å². The molecule has 0 unspecified atom stereocenters. The molecule has 2 aromatic rings. The summed E-state index contributed by atoms with van der Waals surface area (Å²) in [4.78, 5) is 12.1. The number of halogens is 1. The maximum atomic E-state index is 12.1. The Morgan fingerprint density at radius 1 is 1.40 bits per heavy atom. The average molecular weight is 293 g/mol.